The molecule has 7 heteroatoms. The Balaban J connectivity index is 1.94. The second kappa shape index (κ2) is 7.60. The number of aromatic nitrogens is 3. The van der Waals surface area contributed by atoms with E-state index in [-0.39, 0.29) is 18.9 Å². The van der Waals surface area contributed by atoms with Crippen LogP contribution in [0.3, 0.4) is 0 Å². The van der Waals surface area contributed by atoms with E-state index in [0.717, 1.165) is 0 Å². The Hall–Kier alpha value is -3.48. The molecule has 26 heavy (non-hydrogen) atoms. The lowest BCUT2D eigenvalue weighted by atomic mass is 10.2. The second-order valence-corrected chi connectivity index (χ2v) is 5.75. The number of hydrogen-bond donors (Lipinski definition) is 1. The fraction of sp³-hybridized carbons (Fsp3) is 0.158. The molecule has 2 heterocycles. The summed E-state index contributed by atoms with van der Waals surface area (Å²) in [5, 5.41) is 4.29. The largest absolute Gasteiger partial charge is 0.370 e. The molecule has 0 fully saturated rings. The highest BCUT2D eigenvalue weighted by molar-refractivity contribution is 6.07. The number of hydrogen-bond acceptors (Lipinski definition) is 4. The van der Waals surface area contributed by atoms with Crippen LogP contribution in [0, 0.1) is 6.92 Å². The van der Waals surface area contributed by atoms with E-state index in [2.05, 4.69) is 10.1 Å². The first kappa shape index (κ1) is 17.3. The van der Waals surface area contributed by atoms with Gasteiger partial charge in [0, 0.05) is 24.8 Å². The second-order valence-electron chi connectivity index (χ2n) is 5.75. The molecule has 0 aliphatic carbocycles. The molecule has 3 aromatic rings. The lowest BCUT2D eigenvalue weighted by molar-refractivity contribution is -0.117. The van der Waals surface area contributed by atoms with Crippen molar-refractivity contribution in [2.75, 3.05) is 11.4 Å². The van der Waals surface area contributed by atoms with Crippen molar-refractivity contribution in [3.05, 3.63) is 72.2 Å². The van der Waals surface area contributed by atoms with Crippen LogP contribution in [-0.4, -0.2) is 33.1 Å². The zero-order valence-electron chi connectivity index (χ0n) is 14.4. The van der Waals surface area contributed by atoms with Crippen LogP contribution in [0.2, 0.25) is 0 Å². The fourth-order valence-corrected chi connectivity index (χ4v) is 2.65. The zero-order chi connectivity index (χ0) is 18.5. The number of primary amides is 1. The molecule has 2 amide bonds. The molecule has 2 N–H and O–H groups in total. The van der Waals surface area contributed by atoms with Crippen molar-refractivity contribution in [1.82, 2.24) is 14.8 Å². The van der Waals surface area contributed by atoms with Gasteiger partial charge in [-0.2, -0.15) is 5.10 Å². The molecule has 0 unspecified atom stereocenters. The van der Waals surface area contributed by atoms with Crippen LogP contribution in [0.15, 0.2) is 60.9 Å². The van der Waals surface area contributed by atoms with Crippen LogP contribution in [0.25, 0.3) is 5.82 Å². The van der Waals surface area contributed by atoms with E-state index in [4.69, 9.17) is 5.73 Å². The van der Waals surface area contributed by atoms with Gasteiger partial charge in [0.1, 0.15) is 0 Å². The molecule has 0 saturated carbocycles. The molecule has 2 aromatic heterocycles. The molecular weight excluding hydrogens is 330 g/mol. The number of nitrogens with two attached hydrogens (primary N) is 1. The van der Waals surface area contributed by atoms with Crippen molar-refractivity contribution in [3.63, 3.8) is 0 Å². The van der Waals surface area contributed by atoms with Gasteiger partial charge in [0.05, 0.1) is 17.5 Å². The van der Waals surface area contributed by atoms with Crippen LogP contribution in [0.4, 0.5) is 5.69 Å². The van der Waals surface area contributed by atoms with Gasteiger partial charge in [-0.15, -0.1) is 0 Å². The summed E-state index contributed by atoms with van der Waals surface area (Å²) in [7, 11) is 0. The summed E-state index contributed by atoms with van der Waals surface area (Å²) in [6.45, 7) is 2.01. The Morgan fingerprint density at radius 3 is 2.50 bits per heavy atom. The molecule has 1 aromatic carbocycles. The Labute approximate surface area is 151 Å². The minimum absolute atomic E-state index is 0.0774. The SMILES string of the molecule is Cc1c(C(=O)N(CCC(N)=O)c2ccccc2)cnn1-c1ccccn1. The molecule has 0 bridgehead atoms. The standard InChI is InChI=1S/C19H19N5O2/c1-14-16(13-22-24(14)18-9-5-6-11-21-18)19(26)23(12-10-17(20)25)15-7-3-2-4-8-15/h2-9,11,13H,10,12H2,1H3,(H2,20,25). The maximum Gasteiger partial charge on any atom is 0.261 e. The van der Waals surface area contributed by atoms with Crippen LogP contribution in [-0.2, 0) is 4.79 Å². The predicted molar refractivity (Wildman–Crippen MR) is 98.0 cm³/mol. The normalized spacial score (nSPS) is 10.5. The highest BCUT2D eigenvalue weighted by Gasteiger charge is 2.23. The lowest BCUT2D eigenvalue weighted by Gasteiger charge is -2.22. The van der Waals surface area contributed by atoms with Crippen LogP contribution in [0.1, 0.15) is 22.5 Å². The van der Waals surface area contributed by atoms with Gasteiger partial charge < -0.3 is 10.6 Å². The number of nitrogens with zero attached hydrogens (tertiary/aromatic N) is 4. The molecule has 132 valence electrons. The van der Waals surface area contributed by atoms with Crippen molar-refractivity contribution in [2.45, 2.75) is 13.3 Å². The highest BCUT2D eigenvalue weighted by Crippen LogP contribution is 2.20. The summed E-state index contributed by atoms with van der Waals surface area (Å²) in [4.78, 5) is 30.1. The van der Waals surface area contributed by atoms with E-state index in [1.54, 1.807) is 10.9 Å². The number of anilines is 1. The predicted octanol–water partition coefficient (Wildman–Crippen LogP) is 2.10. The third kappa shape index (κ3) is 3.61. The topological polar surface area (TPSA) is 94.1 Å². The lowest BCUT2D eigenvalue weighted by Crippen LogP contribution is -2.34. The van der Waals surface area contributed by atoms with Crippen molar-refractivity contribution in [2.24, 2.45) is 5.73 Å². The number of rotatable bonds is 6. The minimum Gasteiger partial charge on any atom is -0.370 e. The molecule has 3 rings (SSSR count). The quantitative estimate of drug-likeness (QED) is 0.737. The maximum atomic E-state index is 13.1. The first-order chi connectivity index (χ1) is 12.6. The van der Waals surface area contributed by atoms with Crippen LogP contribution in [0.5, 0.6) is 0 Å². The number of carbonyl (C=O) groups excluding carboxylic acids is 2. The van der Waals surface area contributed by atoms with E-state index >= 15 is 0 Å². The molecule has 0 aliphatic heterocycles. The number of para-hydroxylation sites is 1. The Bertz CT molecular complexity index is 906. The fourth-order valence-electron chi connectivity index (χ4n) is 2.65. The van der Waals surface area contributed by atoms with Gasteiger partial charge in [-0.1, -0.05) is 24.3 Å². The average molecular weight is 349 g/mol. The highest BCUT2D eigenvalue weighted by atomic mass is 16.2. The monoisotopic (exact) mass is 349 g/mol. The van der Waals surface area contributed by atoms with Gasteiger partial charge >= 0.3 is 0 Å². The summed E-state index contributed by atoms with van der Waals surface area (Å²) in [5.41, 5.74) is 7.09. The zero-order valence-corrected chi connectivity index (χ0v) is 14.4. The first-order valence-electron chi connectivity index (χ1n) is 8.19. The summed E-state index contributed by atoms with van der Waals surface area (Å²) >= 11 is 0. The number of carbonyl (C=O) groups is 2. The number of pyridine rings is 1. The molecule has 0 atom stereocenters. The van der Waals surface area contributed by atoms with E-state index in [0.29, 0.717) is 22.8 Å². The van der Waals surface area contributed by atoms with E-state index in [1.807, 2.05) is 55.5 Å². The maximum absolute atomic E-state index is 13.1. The van der Waals surface area contributed by atoms with Crippen LogP contribution < -0.4 is 10.6 Å². The van der Waals surface area contributed by atoms with Gasteiger partial charge in [-0.25, -0.2) is 9.67 Å². The minimum atomic E-state index is -0.459. The first-order valence-corrected chi connectivity index (χ1v) is 8.19. The van der Waals surface area contributed by atoms with E-state index in [1.165, 1.54) is 11.1 Å². The molecule has 0 saturated heterocycles. The van der Waals surface area contributed by atoms with E-state index < -0.39 is 5.91 Å². The Morgan fingerprint density at radius 2 is 1.85 bits per heavy atom. The van der Waals surface area contributed by atoms with E-state index in [9.17, 15) is 9.59 Å². The van der Waals surface area contributed by atoms with Gasteiger partial charge in [-0.3, -0.25) is 9.59 Å². The van der Waals surface area contributed by atoms with Gasteiger partial charge in [0.15, 0.2) is 5.82 Å². The third-order valence-corrected chi connectivity index (χ3v) is 4.00. The number of amides is 2. The van der Waals surface area contributed by atoms with Crippen LogP contribution >= 0.6 is 0 Å². The van der Waals surface area contributed by atoms with Gasteiger partial charge in [0.2, 0.25) is 5.91 Å². The Morgan fingerprint density at radius 1 is 1.12 bits per heavy atom. The summed E-state index contributed by atoms with van der Waals surface area (Å²) in [5.74, 6) is -0.0655. The average Bonchev–Trinajstić information content (AvgIpc) is 3.04. The van der Waals surface area contributed by atoms with Crippen molar-refractivity contribution >= 4 is 17.5 Å². The van der Waals surface area contributed by atoms with Crippen molar-refractivity contribution in [1.29, 1.82) is 0 Å². The summed E-state index contributed by atoms with van der Waals surface area (Å²) < 4.78 is 1.62. The number of benzene rings is 1. The molecule has 7 nitrogen and oxygen atoms in total. The van der Waals surface area contributed by atoms with Gasteiger partial charge in [0.25, 0.3) is 5.91 Å². The molecule has 0 radical (unpaired) electrons. The van der Waals surface area contributed by atoms with Crippen molar-refractivity contribution < 1.29 is 9.59 Å². The summed E-state index contributed by atoms with van der Waals surface area (Å²) in [6, 6.07) is 14.7. The van der Waals surface area contributed by atoms with Gasteiger partial charge in [-0.05, 0) is 31.2 Å². The third-order valence-electron chi connectivity index (χ3n) is 4.00. The Kier molecular flexibility index (Phi) is 5.07. The van der Waals surface area contributed by atoms with Crippen molar-refractivity contribution in [3.8, 4) is 5.82 Å². The summed E-state index contributed by atoms with van der Waals surface area (Å²) in [6.07, 6.45) is 3.27. The molecular formula is C19H19N5O2. The molecule has 0 spiro atoms. The molecule has 0 aliphatic rings. The smallest absolute Gasteiger partial charge is 0.261 e.